The molecule has 1 amide bonds. The van der Waals surface area contributed by atoms with Gasteiger partial charge in [-0.2, -0.15) is 5.10 Å². The van der Waals surface area contributed by atoms with Crippen LogP contribution >= 0.6 is 0 Å². The Hall–Kier alpha value is -2.14. The minimum Gasteiger partial charge on any atom is -0.392 e. The molecule has 0 aliphatic heterocycles. The molecule has 2 N–H and O–H groups in total. The molecule has 1 aromatic carbocycles. The lowest BCUT2D eigenvalue weighted by Crippen LogP contribution is -2.22. The molecule has 5 nitrogen and oxygen atoms in total. The Morgan fingerprint density at radius 3 is 2.75 bits per heavy atom. The van der Waals surface area contributed by atoms with Crippen molar-refractivity contribution < 1.29 is 9.90 Å². The van der Waals surface area contributed by atoms with Gasteiger partial charge in [0.2, 0.25) is 0 Å². The van der Waals surface area contributed by atoms with Gasteiger partial charge in [0, 0.05) is 11.9 Å². The van der Waals surface area contributed by atoms with E-state index in [2.05, 4.69) is 10.4 Å². The van der Waals surface area contributed by atoms with Crippen LogP contribution in [0.5, 0.6) is 0 Å². The maximum Gasteiger partial charge on any atom is 0.258 e. The molecule has 1 aromatic heterocycles. The van der Waals surface area contributed by atoms with E-state index in [9.17, 15) is 4.79 Å². The Morgan fingerprint density at radius 2 is 2.15 bits per heavy atom. The second-order valence-corrected chi connectivity index (χ2v) is 5.66. The first kappa shape index (κ1) is 14.3. The van der Waals surface area contributed by atoms with Crippen LogP contribution in [0.2, 0.25) is 0 Å². The molecule has 0 radical (unpaired) electrons. The number of hydrogen-bond acceptors (Lipinski definition) is 3. The van der Waals surface area contributed by atoms with Crippen molar-refractivity contribution in [1.29, 1.82) is 0 Å². The van der Waals surface area contributed by atoms with E-state index >= 15 is 0 Å². The monoisotopic (exact) mass is 273 g/mol. The number of carbonyl (C=O) groups is 1. The molecular weight excluding hydrogens is 254 g/mol. The molecule has 0 bridgehead atoms. The lowest BCUT2D eigenvalue weighted by Gasteiger charge is -2.18. The van der Waals surface area contributed by atoms with Gasteiger partial charge in [0.05, 0.1) is 23.9 Å². The fraction of sp³-hybridized carbons (Fsp3) is 0.333. The third-order valence-corrected chi connectivity index (χ3v) is 2.90. The van der Waals surface area contributed by atoms with Crippen LogP contribution in [-0.2, 0) is 12.1 Å². The summed E-state index contributed by atoms with van der Waals surface area (Å²) >= 11 is 0. The Kier molecular flexibility index (Phi) is 3.90. The van der Waals surface area contributed by atoms with E-state index in [4.69, 9.17) is 5.11 Å². The third-order valence-electron chi connectivity index (χ3n) is 2.90. The number of nitrogens with zero attached hydrogens (tertiary/aromatic N) is 2. The summed E-state index contributed by atoms with van der Waals surface area (Å²) in [6.45, 7) is 6.01. The predicted molar refractivity (Wildman–Crippen MR) is 77.5 cm³/mol. The smallest absolute Gasteiger partial charge is 0.258 e. The summed E-state index contributed by atoms with van der Waals surface area (Å²) in [6.07, 6.45) is 3.28. The number of benzene rings is 1. The molecule has 2 rings (SSSR count). The SMILES string of the molecule is CC(C)(C)n1cc(C(=O)Nc2cccc(CO)c2)cn1. The molecular formula is C15H19N3O2. The van der Waals surface area contributed by atoms with Crippen LogP contribution in [0.1, 0.15) is 36.7 Å². The highest BCUT2D eigenvalue weighted by Crippen LogP contribution is 2.15. The maximum atomic E-state index is 12.1. The first-order valence-corrected chi connectivity index (χ1v) is 6.46. The average molecular weight is 273 g/mol. The second-order valence-electron chi connectivity index (χ2n) is 5.66. The van der Waals surface area contributed by atoms with Gasteiger partial charge in [0.15, 0.2) is 0 Å². The molecule has 0 aliphatic carbocycles. The lowest BCUT2D eigenvalue weighted by atomic mass is 10.1. The van der Waals surface area contributed by atoms with Gasteiger partial charge < -0.3 is 10.4 Å². The Balaban J connectivity index is 2.13. The number of aliphatic hydroxyl groups is 1. The summed E-state index contributed by atoms with van der Waals surface area (Å²) < 4.78 is 1.76. The molecule has 1 heterocycles. The molecule has 0 saturated carbocycles. The van der Waals surface area contributed by atoms with Gasteiger partial charge in [-0.25, -0.2) is 0 Å². The fourth-order valence-corrected chi connectivity index (χ4v) is 1.76. The number of rotatable bonds is 3. The first-order valence-electron chi connectivity index (χ1n) is 6.46. The van der Waals surface area contributed by atoms with Crippen molar-refractivity contribution in [2.75, 3.05) is 5.32 Å². The van der Waals surface area contributed by atoms with Crippen molar-refractivity contribution in [2.45, 2.75) is 32.9 Å². The minimum absolute atomic E-state index is 0.0499. The summed E-state index contributed by atoms with van der Waals surface area (Å²) in [5, 5.41) is 16.1. The summed E-state index contributed by atoms with van der Waals surface area (Å²) in [7, 11) is 0. The van der Waals surface area contributed by atoms with Crippen LogP contribution in [0.3, 0.4) is 0 Å². The van der Waals surface area contributed by atoms with Crippen molar-refractivity contribution in [3.8, 4) is 0 Å². The van der Waals surface area contributed by atoms with Gasteiger partial charge in [-0.05, 0) is 38.5 Å². The van der Waals surface area contributed by atoms with E-state index in [1.807, 2.05) is 20.8 Å². The molecule has 0 spiro atoms. The summed E-state index contributed by atoms with van der Waals surface area (Å²) in [5.41, 5.74) is 1.77. The van der Waals surface area contributed by atoms with E-state index < -0.39 is 0 Å². The molecule has 0 unspecified atom stereocenters. The molecule has 0 fully saturated rings. The molecule has 2 aromatic rings. The van der Waals surface area contributed by atoms with Crippen LogP contribution < -0.4 is 5.32 Å². The maximum absolute atomic E-state index is 12.1. The Morgan fingerprint density at radius 1 is 1.40 bits per heavy atom. The third kappa shape index (κ3) is 3.24. The topological polar surface area (TPSA) is 67.2 Å². The predicted octanol–water partition coefficient (Wildman–Crippen LogP) is 2.38. The highest BCUT2D eigenvalue weighted by atomic mass is 16.3. The van der Waals surface area contributed by atoms with E-state index in [-0.39, 0.29) is 18.1 Å². The Bertz CT molecular complexity index is 612. The van der Waals surface area contributed by atoms with Gasteiger partial charge in [0.1, 0.15) is 0 Å². The number of anilines is 1. The van der Waals surface area contributed by atoms with Crippen molar-refractivity contribution >= 4 is 11.6 Å². The van der Waals surface area contributed by atoms with Crippen LogP contribution in [0.15, 0.2) is 36.7 Å². The number of nitrogens with one attached hydrogen (secondary N) is 1. The van der Waals surface area contributed by atoms with Crippen molar-refractivity contribution in [3.05, 3.63) is 47.8 Å². The summed E-state index contributed by atoms with van der Waals surface area (Å²) in [5.74, 6) is -0.212. The highest BCUT2D eigenvalue weighted by molar-refractivity contribution is 6.03. The molecule has 0 saturated heterocycles. The number of amides is 1. The van der Waals surface area contributed by atoms with Gasteiger partial charge in [-0.15, -0.1) is 0 Å². The van der Waals surface area contributed by atoms with Crippen LogP contribution in [-0.4, -0.2) is 20.8 Å². The normalized spacial score (nSPS) is 11.4. The quantitative estimate of drug-likeness (QED) is 0.902. The van der Waals surface area contributed by atoms with Crippen LogP contribution in [0.4, 0.5) is 5.69 Å². The van der Waals surface area contributed by atoms with E-state index in [0.29, 0.717) is 11.3 Å². The average Bonchev–Trinajstić information content (AvgIpc) is 2.88. The molecule has 0 aliphatic rings. The lowest BCUT2D eigenvalue weighted by molar-refractivity contribution is 0.102. The van der Waals surface area contributed by atoms with E-state index in [1.54, 1.807) is 41.3 Å². The second kappa shape index (κ2) is 5.46. The largest absolute Gasteiger partial charge is 0.392 e. The Labute approximate surface area is 118 Å². The van der Waals surface area contributed by atoms with Gasteiger partial charge >= 0.3 is 0 Å². The molecule has 0 atom stereocenters. The number of aliphatic hydroxyl groups excluding tert-OH is 1. The fourth-order valence-electron chi connectivity index (χ4n) is 1.76. The van der Waals surface area contributed by atoms with Gasteiger partial charge in [-0.3, -0.25) is 9.48 Å². The van der Waals surface area contributed by atoms with Crippen molar-refractivity contribution in [2.24, 2.45) is 0 Å². The number of hydrogen-bond donors (Lipinski definition) is 2. The standard InChI is InChI=1S/C15H19N3O2/c1-15(2,3)18-9-12(8-16-18)14(20)17-13-6-4-5-11(7-13)10-19/h4-9,19H,10H2,1-3H3,(H,17,20). The van der Waals surface area contributed by atoms with Crippen molar-refractivity contribution in [1.82, 2.24) is 9.78 Å². The van der Waals surface area contributed by atoms with Crippen molar-refractivity contribution in [3.63, 3.8) is 0 Å². The number of carbonyl (C=O) groups excluding carboxylic acids is 1. The number of aromatic nitrogens is 2. The summed E-state index contributed by atoms with van der Waals surface area (Å²) in [4.78, 5) is 12.1. The van der Waals surface area contributed by atoms with E-state index in [1.165, 1.54) is 0 Å². The molecule has 5 heteroatoms. The van der Waals surface area contributed by atoms with Crippen LogP contribution in [0.25, 0.3) is 0 Å². The molecule has 106 valence electrons. The summed E-state index contributed by atoms with van der Waals surface area (Å²) in [6, 6.07) is 7.12. The van der Waals surface area contributed by atoms with Gasteiger partial charge in [0.25, 0.3) is 5.91 Å². The van der Waals surface area contributed by atoms with Crippen LogP contribution in [0, 0.1) is 0 Å². The first-order chi connectivity index (χ1) is 9.40. The zero-order valence-electron chi connectivity index (χ0n) is 11.9. The van der Waals surface area contributed by atoms with Gasteiger partial charge in [-0.1, -0.05) is 12.1 Å². The van der Waals surface area contributed by atoms with E-state index in [0.717, 1.165) is 5.56 Å². The zero-order chi connectivity index (χ0) is 14.8. The molecule has 20 heavy (non-hydrogen) atoms. The highest BCUT2D eigenvalue weighted by Gasteiger charge is 2.16. The zero-order valence-corrected chi connectivity index (χ0v) is 11.9. The minimum atomic E-state index is -0.212.